The molecule has 0 aliphatic rings. The summed E-state index contributed by atoms with van der Waals surface area (Å²) in [6.45, 7) is 1.86. The first-order valence-corrected chi connectivity index (χ1v) is 5.12. The standard InChI is InChI=1S/C10H9BrN2O3/c1-6-4-8(12-5-7(6)11)13-9(14)2-3-10(15)16/h2-5H,1H3,(H,15,16)(H,12,13,14). The Morgan fingerprint density at radius 3 is 2.75 bits per heavy atom. The van der Waals surface area contributed by atoms with E-state index in [4.69, 9.17) is 5.11 Å². The summed E-state index contributed by atoms with van der Waals surface area (Å²) in [7, 11) is 0. The molecule has 0 bridgehead atoms. The number of carbonyl (C=O) groups excluding carboxylic acids is 1. The molecule has 0 aromatic carbocycles. The second-order valence-electron chi connectivity index (χ2n) is 2.98. The normalized spacial score (nSPS) is 10.4. The van der Waals surface area contributed by atoms with E-state index in [0.717, 1.165) is 22.2 Å². The minimum Gasteiger partial charge on any atom is -0.478 e. The van der Waals surface area contributed by atoms with Crippen LogP contribution in [0.15, 0.2) is 28.9 Å². The number of carbonyl (C=O) groups is 2. The molecule has 1 aromatic rings. The zero-order valence-corrected chi connectivity index (χ0v) is 9.98. The fraction of sp³-hybridized carbons (Fsp3) is 0.100. The monoisotopic (exact) mass is 284 g/mol. The lowest BCUT2D eigenvalue weighted by Gasteiger charge is -2.03. The van der Waals surface area contributed by atoms with Crippen LogP contribution < -0.4 is 5.32 Å². The molecular weight excluding hydrogens is 276 g/mol. The van der Waals surface area contributed by atoms with Crippen LogP contribution in [0, 0.1) is 6.92 Å². The van der Waals surface area contributed by atoms with Crippen molar-refractivity contribution in [1.82, 2.24) is 4.98 Å². The van der Waals surface area contributed by atoms with E-state index in [9.17, 15) is 9.59 Å². The van der Waals surface area contributed by atoms with Gasteiger partial charge in [-0.3, -0.25) is 4.79 Å². The molecule has 0 saturated heterocycles. The summed E-state index contributed by atoms with van der Waals surface area (Å²) in [4.78, 5) is 25.3. The molecule has 0 saturated carbocycles. The Bertz CT molecular complexity index is 457. The van der Waals surface area contributed by atoms with Gasteiger partial charge in [0.05, 0.1) is 0 Å². The number of nitrogens with one attached hydrogen (secondary N) is 1. The first-order valence-electron chi connectivity index (χ1n) is 4.33. The van der Waals surface area contributed by atoms with Crippen LogP contribution in [0.4, 0.5) is 5.82 Å². The number of nitrogens with zero attached hydrogens (tertiary/aromatic N) is 1. The number of rotatable bonds is 3. The van der Waals surface area contributed by atoms with Crippen LogP contribution in [0.25, 0.3) is 0 Å². The number of anilines is 1. The number of halogens is 1. The summed E-state index contributed by atoms with van der Waals surface area (Å²) in [6.07, 6.45) is 3.26. The van der Waals surface area contributed by atoms with Crippen LogP contribution in [0.2, 0.25) is 0 Å². The van der Waals surface area contributed by atoms with Gasteiger partial charge in [-0.15, -0.1) is 0 Å². The highest BCUT2D eigenvalue weighted by Crippen LogP contribution is 2.16. The van der Waals surface area contributed by atoms with Crippen molar-refractivity contribution in [3.63, 3.8) is 0 Å². The van der Waals surface area contributed by atoms with E-state index in [1.54, 1.807) is 12.3 Å². The van der Waals surface area contributed by atoms with Gasteiger partial charge in [0.15, 0.2) is 0 Å². The van der Waals surface area contributed by atoms with Gasteiger partial charge in [-0.05, 0) is 34.5 Å². The van der Waals surface area contributed by atoms with Crippen molar-refractivity contribution in [1.29, 1.82) is 0 Å². The van der Waals surface area contributed by atoms with Crippen LogP contribution >= 0.6 is 15.9 Å². The minimum atomic E-state index is -1.17. The number of pyridine rings is 1. The number of carboxylic acids is 1. The van der Waals surface area contributed by atoms with Gasteiger partial charge in [-0.1, -0.05) is 0 Å². The van der Waals surface area contributed by atoms with Crippen LogP contribution in [0.3, 0.4) is 0 Å². The van der Waals surface area contributed by atoms with Crippen molar-refractivity contribution in [2.75, 3.05) is 5.32 Å². The van der Waals surface area contributed by atoms with Crippen molar-refractivity contribution < 1.29 is 14.7 Å². The molecule has 0 radical (unpaired) electrons. The summed E-state index contributed by atoms with van der Waals surface area (Å²) < 4.78 is 0.839. The topological polar surface area (TPSA) is 79.3 Å². The molecule has 84 valence electrons. The fourth-order valence-electron chi connectivity index (χ4n) is 0.923. The number of amides is 1. The van der Waals surface area contributed by atoms with Gasteiger partial charge in [-0.2, -0.15) is 0 Å². The Labute approximate surface area is 100 Å². The maximum Gasteiger partial charge on any atom is 0.328 e. The largest absolute Gasteiger partial charge is 0.478 e. The maximum atomic E-state index is 11.2. The molecular formula is C10H9BrN2O3. The molecule has 0 aliphatic heterocycles. The SMILES string of the molecule is Cc1cc(NC(=O)C=CC(=O)O)ncc1Br. The van der Waals surface area contributed by atoms with Crippen molar-refractivity contribution in [2.45, 2.75) is 6.92 Å². The third-order valence-corrected chi connectivity index (χ3v) is 2.51. The summed E-state index contributed by atoms with van der Waals surface area (Å²) in [6, 6.07) is 1.68. The number of aromatic nitrogens is 1. The quantitative estimate of drug-likeness (QED) is 0.829. The van der Waals surface area contributed by atoms with Crippen LogP contribution in [0.5, 0.6) is 0 Å². The number of aryl methyl sites for hydroxylation is 1. The Hall–Kier alpha value is -1.69. The summed E-state index contributed by atoms with van der Waals surface area (Å²) >= 11 is 3.28. The van der Waals surface area contributed by atoms with E-state index in [0.29, 0.717) is 5.82 Å². The molecule has 1 amide bonds. The van der Waals surface area contributed by atoms with Gasteiger partial charge >= 0.3 is 5.97 Å². The van der Waals surface area contributed by atoms with Gasteiger partial charge in [0.2, 0.25) is 5.91 Å². The number of hydrogen-bond acceptors (Lipinski definition) is 3. The third-order valence-electron chi connectivity index (χ3n) is 1.68. The Morgan fingerprint density at radius 1 is 1.50 bits per heavy atom. The molecule has 6 heteroatoms. The molecule has 0 aliphatic carbocycles. The van der Waals surface area contributed by atoms with Gasteiger partial charge in [-0.25, -0.2) is 9.78 Å². The molecule has 1 aromatic heterocycles. The van der Waals surface area contributed by atoms with Crippen LogP contribution in [-0.2, 0) is 9.59 Å². The number of hydrogen-bond donors (Lipinski definition) is 2. The summed E-state index contributed by atoms with van der Waals surface area (Å²) in [5, 5.41) is 10.8. The van der Waals surface area contributed by atoms with E-state index in [1.165, 1.54) is 0 Å². The van der Waals surface area contributed by atoms with Gasteiger partial charge < -0.3 is 10.4 Å². The fourth-order valence-corrected chi connectivity index (χ4v) is 1.14. The molecule has 1 heterocycles. The van der Waals surface area contributed by atoms with Crippen molar-refractivity contribution in [2.24, 2.45) is 0 Å². The smallest absolute Gasteiger partial charge is 0.328 e. The van der Waals surface area contributed by atoms with Crippen molar-refractivity contribution >= 4 is 33.6 Å². The lowest BCUT2D eigenvalue weighted by Crippen LogP contribution is -2.10. The van der Waals surface area contributed by atoms with Gasteiger partial charge in [0, 0.05) is 22.8 Å². The second-order valence-corrected chi connectivity index (χ2v) is 3.83. The second kappa shape index (κ2) is 5.41. The van der Waals surface area contributed by atoms with E-state index in [-0.39, 0.29) is 0 Å². The van der Waals surface area contributed by atoms with Crippen molar-refractivity contribution in [3.05, 3.63) is 34.5 Å². The Balaban J connectivity index is 2.70. The van der Waals surface area contributed by atoms with Crippen LogP contribution in [-0.4, -0.2) is 22.0 Å². The first kappa shape index (κ1) is 12.4. The maximum absolute atomic E-state index is 11.2. The lowest BCUT2D eigenvalue weighted by molar-refractivity contribution is -0.131. The molecule has 0 unspecified atom stereocenters. The van der Waals surface area contributed by atoms with Gasteiger partial charge in [0.25, 0.3) is 0 Å². The molecule has 0 fully saturated rings. The predicted octanol–water partition coefficient (Wildman–Crippen LogP) is 1.73. The van der Waals surface area contributed by atoms with Gasteiger partial charge in [0.1, 0.15) is 5.82 Å². The zero-order valence-electron chi connectivity index (χ0n) is 8.40. The summed E-state index contributed by atoms with van der Waals surface area (Å²) in [5.41, 5.74) is 0.924. The molecule has 16 heavy (non-hydrogen) atoms. The Morgan fingerprint density at radius 2 is 2.19 bits per heavy atom. The van der Waals surface area contributed by atoms with E-state index in [1.807, 2.05) is 6.92 Å². The lowest BCUT2D eigenvalue weighted by atomic mass is 10.3. The Kier molecular flexibility index (Phi) is 4.19. The number of carboxylic acid groups (broad SMARTS) is 1. The predicted molar refractivity (Wildman–Crippen MR) is 62.1 cm³/mol. The van der Waals surface area contributed by atoms with E-state index in [2.05, 4.69) is 26.2 Å². The molecule has 0 atom stereocenters. The highest BCUT2D eigenvalue weighted by Gasteiger charge is 2.02. The highest BCUT2D eigenvalue weighted by molar-refractivity contribution is 9.10. The van der Waals surface area contributed by atoms with Crippen molar-refractivity contribution in [3.8, 4) is 0 Å². The first-order chi connectivity index (χ1) is 7.49. The number of aliphatic carboxylic acids is 1. The minimum absolute atomic E-state index is 0.376. The third kappa shape index (κ3) is 3.82. The highest BCUT2D eigenvalue weighted by atomic mass is 79.9. The summed E-state index contributed by atoms with van der Waals surface area (Å²) in [5.74, 6) is -1.33. The van der Waals surface area contributed by atoms with Crippen LogP contribution in [0.1, 0.15) is 5.56 Å². The van der Waals surface area contributed by atoms with E-state index < -0.39 is 11.9 Å². The average Bonchev–Trinajstić information content (AvgIpc) is 2.21. The molecule has 1 rings (SSSR count). The van der Waals surface area contributed by atoms with E-state index >= 15 is 0 Å². The molecule has 5 nitrogen and oxygen atoms in total. The zero-order chi connectivity index (χ0) is 12.1. The molecule has 0 spiro atoms. The molecule has 2 N–H and O–H groups in total. The average molecular weight is 285 g/mol.